The molecule has 0 amide bonds. The second-order valence-corrected chi connectivity index (χ2v) is 7.42. The number of benzene rings is 2. The zero-order valence-electron chi connectivity index (χ0n) is 16.8. The number of hydrogen-bond donors (Lipinski definition) is 1. The molecule has 0 atom stereocenters. The van der Waals surface area contributed by atoms with Crippen molar-refractivity contribution in [1.29, 1.82) is 0 Å². The van der Waals surface area contributed by atoms with E-state index in [-0.39, 0.29) is 0 Å². The normalized spacial score (nSPS) is 13.4. The Morgan fingerprint density at radius 3 is 2.57 bits per heavy atom. The largest absolute Gasteiger partial charge is 0.490 e. The maximum Gasteiger partial charge on any atom is 0.161 e. The lowest BCUT2D eigenvalue weighted by molar-refractivity contribution is 0.297. The van der Waals surface area contributed by atoms with Gasteiger partial charge in [-0.05, 0) is 43.2 Å². The van der Waals surface area contributed by atoms with E-state index < -0.39 is 0 Å². The van der Waals surface area contributed by atoms with Crippen LogP contribution in [0.15, 0.2) is 42.6 Å². The molecular weight excluding hydrogens is 350 g/mol. The summed E-state index contributed by atoms with van der Waals surface area (Å²) >= 11 is 0. The number of hydrogen-bond acceptors (Lipinski definition) is 4. The quantitative estimate of drug-likeness (QED) is 0.725. The Labute approximate surface area is 166 Å². The predicted molar refractivity (Wildman–Crippen MR) is 111 cm³/mol. The fraction of sp³-hybridized carbons (Fsp3) is 0.348. The van der Waals surface area contributed by atoms with Crippen LogP contribution < -0.4 is 14.8 Å². The van der Waals surface area contributed by atoms with E-state index in [0.29, 0.717) is 13.2 Å². The number of rotatable bonds is 5. The molecule has 4 rings (SSSR count). The van der Waals surface area contributed by atoms with E-state index in [0.717, 1.165) is 42.3 Å². The first-order valence-electron chi connectivity index (χ1n) is 9.79. The molecule has 0 unspecified atom stereocenters. The minimum Gasteiger partial charge on any atom is -0.490 e. The van der Waals surface area contributed by atoms with Crippen molar-refractivity contribution >= 4 is 0 Å². The summed E-state index contributed by atoms with van der Waals surface area (Å²) in [6, 6.07) is 12.7. The Hall–Kier alpha value is -2.79. The number of nitrogens with zero attached hydrogens (tertiary/aromatic N) is 2. The molecule has 2 aromatic carbocycles. The minimum atomic E-state index is 0.684. The average molecular weight is 377 g/mol. The molecule has 0 saturated carbocycles. The van der Waals surface area contributed by atoms with E-state index in [1.165, 1.54) is 22.3 Å². The summed E-state index contributed by atoms with van der Waals surface area (Å²) in [7, 11) is 1.96. The van der Waals surface area contributed by atoms with Crippen molar-refractivity contribution in [2.75, 3.05) is 13.2 Å². The van der Waals surface area contributed by atoms with Gasteiger partial charge in [0, 0.05) is 43.9 Å². The standard InChI is InChI=1S/C23H27N3O2/c1-16-5-6-19(17(2)11-16)13-24-14-20-15-26(3)25-23(20)18-7-8-21-22(12-18)28-10-4-9-27-21/h5-8,11-12,15,24H,4,9-10,13-14H2,1-3H3. The topological polar surface area (TPSA) is 48.3 Å². The Kier molecular flexibility index (Phi) is 5.35. The molecule has 0 aliphatic carbocycles. The van der Waals surface area contributed by atoms with Crippen LogP contribution >= 0.6 is 0 Å². The summed E-state index contributed by atoms with van der Waals surface area (Å²) in [6.07, 6.45) is 2.98. The average Bonchev–Trinajstić information content (AvgIpc) is 2.89. The number of aromatic nitrogens is 2. The molecule has 1 aliphatic rings. The molecule has 0 bridgehead atoms. The molecule has 5 nitrogen and oxygen atoms in total. The third-order valence-electron chi connectivity index (χ3n) is 5.05. The van der Waals surface area contributed by atoms with Gasteiger partial charge in [0.2, 0.25) is 0 Å². The summed E-state index contributed by atoms with van der Waals surface area (Å²) < 4.78 is 13.5. The molecule has 1 N–H and O–H groups in total. The molecular formula is C23H27N3O2. The van der Waals surface area contributed by atoms with Gasteiger partial charge in [-0.3, -0.25) is 4.68 Å². The Morgan fingerprint density at radius 1 is 0.964 bits per heavy atom. The Balaban J connectivity index is 1.51. The van der Waals surface area contributed by atoms with Gasteiger partial charge in [-0.2, -0.15) is 5.10 Å². The smallest absolute Gasteiger partial charge is 0.161 e. The summed E-state index contributed by atoms with van der Waals surface area (Å²) in [5.41, 5.74) is 7.14. The molecule has 3 aromatic rings. The van der Waals surface area contributed by atoms with Gasteiger partial charge in [-0.25, -0.2) is 0 Å². The van der Waals surface area contributed by atoms with Crippen LogP contribution in [0.5, 0.6) is 11.5 Å². The van der Waals surface area contributed by atoms with Crippen LogP contribution in [0.2, 0.25) is 0 Å². The molecule has 5 heteroatoms. The van der Waals surface area contributed by atoms with E-state index >= 15 is 0 Å². The number of ether oxygens (including phenoxy) is 2. The van der Waals surface area contributed by atoms with Gasteiger partial charge in [0.25, 0.3) is 0 Å². The monoisotopic (exact) mass is 377 g/mol. The molecule has 28 heavy (non-hydrogen) atoms. The van der Waals surface area contributed by atoms with Gasteiger partial charge in [0.05, 0.1) is 18.9 Å². The van der Waals surface area contributed by atoms with Crippen molar-refractivity contribution < 1.29 is 9.47 Å². The highest BCUT2D eigenvalue weighted by molar-refractivity contribution is 5.66. The molecule has 2 heterocycles. The van der Waals surface area contributed by atoms with Crippen molar-refractivity contribution in [2.45, 2.75) is 33.4 Å². The van der Waals surface area contributed by atoms with E-state index in [9.17, 15) is 0 Å². The molecule has 0 fully saturated rings. The first-order valence-corrected chi connectivity index (χ1v) is 9.79. The van der Waals surface area contributed by atoms with Gasteiger partial charge in [-0.15, -0.1) is 0 Å². The highest BCUT2D eigenvalue weighted by atomic mass is 16.5. The van der Waals surface area contributed by atoms with Gasteiger partial charge >= 0.3 is 0 Å². The van der Waals surface area contributed by atoms with Gasteiger partial charge < -0.3 is 14.8 Å². The van der Waals surface area contributed by atoms with E-state index in [2.05, 4.69) is 54.7 Å². The zero-order valence-corrected chi connectivity index (χ0v) is 16.8. The van der Waals surface area contributed by atoms with Gasteiger partial charge in [0.1, 0.15) is 0 Å². The molecule has 1 aliphatic heterocycles. The SMILES string of the molecule is Cc1ccc(CNCc2cn(C)nc2-c2ccc3c(c2)OCCCO3)c(C)c1. The Bertz CT molecular complexity index is 978. The second-order valence-electron chi connectivity index (χ2n) is 7.42. The first kappa shape index (κ1) is 18.6. The lowest BCUT2D eigenvalue weighted by Gasteiger charge is -2.11. The maximum atomic E-state index is 5.84. The third kappa shape index (κ3) is 4.04. The summed E-state index contributed by atoms with van der Waals surface area (Å²) in [5, 5.41) is 8.25. The first-order chi connectivity index (χ1) is 13.6. The minimum absolute atomic E-state index is 0.684. The van der Waals surface area contributed by atoms with Crippen LogP contribution in [0.3, 0.4) is 0 Å². The van der Waals surface area contributed by atoms with Crippen molar-refractivity contribution in [1.82, 2.24) is 15.1 Å². The summed E-state index contributed by atoms with van der Waals surface area (Å²) in [5.74, 6) is 1.61. The summed E-state index contributed by atoms with van der Waals surface area (Å²) in [4.78, 5) is 0. The van der Waals surface area contributed by atoms with Crippen LogP contribution in [0.1, 0.15) is 28.7 Å². The zero-order chi connectivity index (χ0) is 19.5. The number of nitrogens with one attached hydrogen (secondary N) is 1. The van der Waals surface area contributed by atoms with Crippen LogP contribution in [-0.2, 0) is 20.1 Å². The van der Waals surface area contributed by atoms with Gasteiger partial charge in [0.15, 0.2) is 11.5 Å². The van der Waals surface area contributed by atoms with Crippen LogP contribution in [0.4, 0.5) is 0 Å². The molecule has 0 radical (unpaired) electrons. The molecule has 0 saturated heterocycles. The number of fused-ring (bicyclic) bond motifs is 1. The lowest BCUT2D eigenvalue weighted by Crippen LogP contribution is -2.13. The fourth-order valence-electron chi connectivity index (χ4n) is 3.60. The lowest BCUT2D eigenvalue weighted by atomic mass is 10.1. The van der Waals surface area contributed by atoms with E-state index in [1.54, 1.807) is 0 Å². The second kappa shape index (κ2) is 8.07. The molecule has 146 valence electrons. The van der Waals surface area contributed by atoms with E-state index in [1.807, 2.05) is 23.9 Å². The molecule has 0 spiro atoms. The maximum absolute atomic E-state index is 5.84. The highest BCUT2D eigenvalue weighted by Crippen LogP contribution is 2.34. The molecule has 1 aromatic heterocycles. The predicted octanol–water partition coefficient (Wildman–Crippen LogP) is 4.16. The van der Waals surface area contributed by atoms with Crippen molar-refractivity contribution in [3.63, 3.8) is 0 Å². The van der Waals surface area contributed by atoms with Crippen molar-refractivity contribution in [2.24, 2.45) is 7.05 Å². The van der Waals surface area contributed by atoms with Gasteiger partial charge in [-0.1, -0.05) is 23.8 Å². The highest BCUT2D eigenvalue weighted by Gasteiger charge is 2.15. The van der Waals surface area contributed by atoms with Crippen LogP contribution in [0, 0.1) is 13.8 Å². The third-order valence-corrected chi connectivity index (χ3v) is 5.05. The van der Waals surface area contributed by atoms with E-state index in [4.69, 9.17) is 9.47 Å². The van der Waals surface area contributed by atoms with Crippen LogP contribution in [-0.4, -0.2) is 23.0 Å². The van der Waals surface area contributed by atoms with Crippen LogP contribution in [0.25, 0.3) is 11.3 Å². The fourth-order valence-corrected chi connectivity index (χ4v) is 3.60. The van der Waals surface area contributed by atoms with Crippen molar-refractivity contribution in [3.05, 3.63) is 64.8 Å². The number of aryl methyl sites for hydroxylation is 3. The van der Waals surface area contributed by atoms with Crippen molar-refractivity contribution in [3.8, 4) is 22.8 Å². The Morgan fingerprint density at radius 2 is 1.75 bits per heavy atom. The summed E-state index contributed by atoms with van der Waals surface area (Å²) in [6.45, 7) is 7.26.